The first-order valence-electron chi connectivity index (χ1n) is 9.02. The van der Waals surface area contributed by atoms with Crippen molar-refractivity contribution in [2.75, 3.05) is 4.90 Å². The molecule has 0 saturated carbocycles. The van der Waals surface area contributed by atoms with E-state index >= 15 is 0 Å². The largest absolute Gasteiger partial charge is 0.507 e. The molecule has 0 radical (unpaired) electrons. The number of Topliss-reactive ketones (excluding diaryl/α,β-unsaturated/α-hetero) is 1. The average Bonchev–Trinajstić information content (AvgIpc) is 2.99. The van der Waals surface area contributed by atoms with Crippen LogP contribution in [-0.4, -0.2) is 21.8 Å². The molecule has 4 rings (SSSR count). The number of aliphatic hydroxyl groups excluding tert-OH is 1. The first-order chi connectivity index (χ1) is 14.0. The summed E-state index contributed by atoms with van der Waals surface area (Å²) in [7, 11) is 0. The number of amides is 1. The summed E-state index contributed by atoms with van der Waals surface area (Å²) in [5.41, 5.74) is 1.53. The summed E-state index contributed by atoms with van der Waals surface area (Å²) in [6.45, 7) is 1.80. The van der Waals surface area contributed by atoms with Crippen LogP contribution in [-0.2, 0) is 9.59 Å². The molecule has 1 aliphatic heterocycles. The third-order valence-electron chi connectivity index (χ3n) is 4.97. The molecule has 1 unspecified atom stereocenters. The minimum absolute atomic E-state index is 0.130. The second-order valence-electron chi connectivity index (χ2n) is 6.71. The number of carbonyl (C=O) groups is 2. The van der Waals surface area contributed by atoms with Gasteiger partial charge in [-0.2, -0.15) is 0 Å². The van der Waals surface area contributed by atoms with E-state index in [2.05, 4.69) is 4.98 Å². The smallest absolute Gasteiger partial charge is 0.300 e. The van der Waals surface area contributed by atoms with Crippen molar-refractivity contribution in [1.82, 2.24) is 4.98 Å². The van der Waals surface area contributed by atoms with Crippen LogP contribution in [0.1, 0.15) is 22.7 Å². The van der Waals surface area contributed by atoms with Crippen molar-refractivity contribution < 1.29 is 19.1 Å². The number of aryl methyl sites for hydroxylation is 1. The van der Waals surface area contributed by atoms with Crippen molar-refractivity contribution in [3.05, 3.63) is 101 Å². The van der Waals surface area contributed by atoms with Crippen molar-refractivity contribution in [3.63, 3.8) is 0 Å². The number of rotatable bonds is 3. The molecule has 3 aromatic rings. The van der Waals surface area contributed by atoms with Crippen LogP contribution in [0.15, 0.2) is 78.6 Å². The molecule has 144 valence electrons. The number of nitrogens with zero attached hydrogens (tertiary/aromatic N) is 2. The van der Waals surface area contributed by atoms with Crippen LogP contribution in [0.4, 0.5) is 10.1 Å². The number of para-hydroxylation sites is 1. The topological polar surface area (TPSA) is 70.5 Å². The number of benzene rings is 2. The Bertz CT molecular complexity index is 1140. The Labute approximate surface area is 166 Å². The van der Waals surface area contributed by atoms with Crippen molar-refractivity contribution in [2.24, 2.45) is 0 Å². The fraction of sp³-hybridized carbons (Fsp3) is 0.0870. The Balaban J connectivity index is 2.01. The van der Waals surface area contributed by atoms with Crippen molar-refractivity contribution in [1.29, 1.82) is 0 Å². The van der Waals surface area contributed by atoms with Crippen molar-refractivity contribution in [3.8, 4) is 0 Å². The number of hydrogen-bond acceptors (Lipinski definition) is 4. The van der Waals surface area contributed by atoms with Crippen LogP contribution >= 0.6 is 0 Å². The molecule has 1 fully saturated rings. The zero-order valence-electron chi connectivity index (χ0n) is 15.5. The van der Waals surface area contributed by atoms with Gasteiger partial charge in [0.05, 0.1) is 11.6 Å². The van der Waals surface area contributed by atoms with E-state index in [-0.39, 0.29) is 16.9 Å². The fourth-order valence-electron chi connectivity index (χ4n) is 3.57. The fourth-order valence-corrected chi connectivity index (χ4v) is 3.57. The Morgan fingerprint density at radius 1 is 1.00 bits per heavy atom. The molecule has 5 nitrogen and oxygen atoms in total. The van der Waals surface area contributed by atoms with Crippen molar-refractivity contribution >= 4 is 23.1 Å². The standard InChI is InChI=1S/C23H17FN2O3/c1-14-6-2-5-9-18(14)26-20(16-7-3-4-8-17(16)24)19(22(28)23(26)29)21(27)15-10-12-25-13-11-15/h2-13,20,27H,1H3/b21-19+. The number of pyridine rings is 1. The maximum absolute atomic E-state index is 14.8. The van der Waals surface area contributed by atoms with E-state index in [1.807, 2.05) is 6.07 Å². The van der Waals surface area contributed by atoms with Gasteiger partial charge in [0, 0.05) is 29.2 Å². The summed E-state index contributed by atoms with van der Waals surface area (Å²) in [6, 6.07) is 14.9. The van der Waals surface area contributed by atoms with E-state index in [0.717, 1.165) is 5.56 Å². The van der Waals surface area contributed by atoms with Crippen LogP contribution in [0.2, 0.25) is 0 Å². The van der Waals surface area contributed by atoms with E-state index in [9.17, 15) is 19.1 Å². The molecule has 1 atom stereocenters. The lowest BCUT2D eigenvalue weighted by atomic mass is 9.95. The number of aromatic nitrogens is 1. The molecule has 29 heavy (non-hydrogen) atoms. The molecule has 2 aromatic carbocycles. The lowest BCUT2D eigenvalue weighted by Crippen LogP contribution is -2.30. The molecular formula is C23H17FN2O3. The van der Waals surface area contributed by atoms with Gasteiger partial charge in [-0.25, -0.2) is 4.39 Å². The van der Waals surface area contributed by atoms with Gasteiger partial charge in [0.2, 0.25) is 0 Å². The van der Waals surface area contributed by atoms with Crippen LogP contribution < -0.4 is 4.90 Å². The molecule has 0 aliphatic carbocycles. The molecule has 1 amide bonds. The van der Waals surface area contributed by atoms with E-state index in [1.165, 1.54) is 47.6 Å². The first-order valence-corrected chi connectivity index (χ1v) is 9.02. The summed E-state index contributed by atoms with van der Waals surface area (Å²) in [6.07, 6.45) is 2.93. The van der Waals surface area contributed by atoms with Gasteiger partial charge >= 0.3 is 0 Å². The minimum atomic E-state index is -1.09. The molecular weight excluding hydrogens is 371 g/mol. The molecule has 0 spiro atoms. The van der Waals surface area contributed by atoms with Gasteiger partial charge in [0.1, 0.15) is 11.6 Å². The van der Waals surface area contributed by atoms with Crippen LogP contribution in [0.5, 0.6) is 0 Å². The van der Waals surface area contributed by atoms with Gasteiger partial charge in [0.25, 0.3) is 11.7 Å². The number of aliphatic hydroxyl groups is 1. The number of ketones is 1. The Kier molecular flexibility index (Phi) is 4.68. The summed E-state index contributed by atoms with van der Waals surface area (Å²) < 4.78 is 14.8. The summed E-state index contributed by atoms with van der Waals surface area (Å²) in [5.74, 6) is -2.62. The Morgan fingerprint density at radius 3 is 2.34 bits per heavy atom. The predicted molar refractivity (Wildman–Crippen MR) is 107 cm³/mol. The summed E-state index contributed by atoms with van der Waals surface area (Å²) in [5, 5.41) is 10.9. The van der Waals surface area contributed by atoms with Gasteiger partial charge in [-0.1, -0.05) is 36.4 Å². The average molecular weight is 388 g/mol. The molecule has 1 N–H and O–H groups in total. The molecule has 1 saturated heterocycles. The number of carbonyl (C=O) groups excluding carboxylic acids is 2. The first kappa shape index (κ1) is 18.6. The SMILES string of the molecule is Cc1ccccc1N1C(=O)C(=O)/C(=C(/O)c2ccncc2)C1c1ccccc1F. The van der Waals surface area contributed by atoms with E-state index in [0.29, 0.717) is 11.3 Å². The lowest BCUT2D eigenvalue weighted by molar-refractivity contribution is -0.132. The number of anilines is 1. The highest BCUT2D eigenvalue weighted by atomic mass is 19.1. The maximum Gasteiger partial charge on any atom is 0.300 e. The number of halogens is 1. The maximum atomic E-state index is 14.8. The second kappa shape index (κ2) is 7.31. The van der Waals surface area contributed by atoms with Crippen LogP contribution in [0.25, 0.3) is 5.76 Å². The molecule has 1 aliphatic rings. The minimum Gasteiger partial charge on any atom is -0.507 e. The monoisotopic (exact) mass is 388 g/mol. The third kappa shape index (κ3) is 3.08. The highest BCUT2D eigenvalue weighted by Crippen LogP contribution is 2.43. The quantitative estimate of drug-likeness (QED) is 0.416. The van der Waals surface area contributed by atoms with Gasteiger partial charge in [0.15, 0.2) is 0 Å². The molecule has 2 heterocycles. The highest BCUT2D eigenvalue weighted by molar-refractivity contribution is 6.51. The highest BCUT2D eigenvalue weighted by Gasteiger charge is 2.48. The van der Waals surface area contributed by atoms with Crippen LogP contribution in [0.3, 0.4) is 0 Å². The molecule has 6 heteroatoms. The Morgan fingerprint density at radius 2 is 1.66 bits per heavy atom. The zero-order valence-corrected chi connectivity index (χ0v) is 15.5. The molecule has 0 bridgehead atoms. The van der Waals surface area contributed by atoms with Crippen LogP contribution in [0, 0.1) is 12.7 Å². The van der Waals surface area contributed by atoms with Gasteiger partial charge in [-0.3, -0.25) is 19.5 Å². The zero-order chi connectivity index (χ0) is 20.5. The second-order valence-corrected chi connectivity index (χ2v) is 6.71. The number of hydrogen-bond donors (Lipinski definition) is 1. The van der Waals surface area contributed by atoms with E-state index in [4.69, 9.17) is 0 Å². The van der Waals surface area contributed by atoms with E-state index < -0.39 is 23.5 Å². The normalized spacial score (nSPS) is 18.3. The van der Waals surface area contributed by atoms with Gasteiger partial charge in [-0.15, -0.1) is 0 Å². The summed E-state index contributed by atoms with van der Waals surface area (Å²) in [4.78, 5) is 31.1. The third-order valence-corrected chi connectivity index (χ3v) is 4.97. The van der Waals surface area contributed by atoms with Gasteiger partial charge < -0.3 is 5.11 Å². The van der Waals surface area contributed by atoms with E-state index in [1.54, 1.807) is 31.2 Å². The lowest BCUT2D eigenvalue weighted by Gasteiger charge is -2.27. The van der Waals surface area contributed by atoms with Crippen molar-refractivity contribution in [2.45, 2.75) is 13.0 Å². The van der Waals surface area contributed by atoms with Gasteiger partial charge in [-0.05, 0) is 36.8 Å². The molecule has 1 aromatic heterocycles. The predicted octanol–water partition coefficient (Wildman–Crippen LogP) is 4.16. The Hall–Kier alpha value is -3.80. The summed E-state index contributed by atoms with van der Waals surface area (Å²) >= 11 is 0.